The van der Waals surface area contributed by atoms with Crippen LogP contribution >= 0.6 is 0 Å². The van der Waals surface area contributed by atoms with Crippen molar-refractivity contribution < 1.29 is 22.3 Å². The molecule has 2 aromatic rings. The van der Waals surface area contributed by atoms with Crippen LogP contribution in [-0.4, -0.2) is 51.6 Å². The van der Waals surface area contributed by atoms with Gasteiger partial charge in [0.2, 0.25) is 10.0 Å². The maximum atomic E-state index is 14.1. The van der Waals surface area contributed by atoms with Crippen LogP contribution in [0.15, 0.2) is 48.5 Å². The van der Waals surface area contributed by atoms with Crippen molar-refractivity contribution in [3.8, 4) is 5.75 Å². The molecule has 0 heterocycles. The highest BCUT2D eigenvalue weighted by molar-refractivity contribution is 7.89. The molecule has 1 fully saturated rings. The minimum Gasteiger partial charge on any atom is -0.496 e. The van der Waals surface area contributed by atoms with Crippen molar-refractivity contribution in [3.05, 3.63) is 65.5 Å². The van der Waals surface area contributed by atoms with E-state index in [9.17, 15) is 17.6 Å². The first-order valence-electron chi connectivity index (χ1n) is 10.8. The summed E-state index contributed by atoms with van der Waals surface area (Å²) >= 11 is 0. The highest BCUT2D eigenvalue weighted by atomic mass is 32.2. The van der Waals surface area contributed by atoms with Crippen molar-refractivity contribution in [2.75, 3.05) is 27.7 Å². The zero-order valence-electron chi connectivity index (χ0n) is 18.8. The highest BCUT2D eigenvalue weighted by Gasteiger charge is 2.39. The summed E-state index contributed by atoms with van der Waals surface area (Å²) in [6.07, 6.45) is 2.83. The Labute approximate surface area is 189 Å². The van der Waals surface area contributed by atoms with E-state index in [0.717, 1.165) is 5.56 Å². The third-order valence-corrected chi connectivity index (χ3v) is 8.76. The molecule has 1 aliphatic carbocycles. The monoisotopic (exact) mass is 462 g/mol. The summed E-state index contributed by atoms with van der Waals surface area (Å²) in [4.78, 5) is 12.9. The van der Waals surface area contributed by atoms with Gasteiger partial charge >= 0.3 is 0 Å². The fourth-order valence-electron chi connectivity index (χ4n) is 4.53. The van der Waals surface area contributed by atoms with Gasteiger partial charge in [-0.3, -0.25) is 4.79 Å². The van der Waals surface area contributed by atoms with Gasteiger partial charge in [-0.05, 0) is 55.5 Å². The van der Waals surface area contributed by atoms with Crippen molar-refractivity contribution in [1.82, 2.24) is 9.62 Å². The first-order valence-corrected chi connectivity index (χ1v) is 12.3. The number of methoxy groups -OCH3 is 1. The van der Waals surface area contributed by atoms with Crippen LogP contribution in [0.3, 0.4) is 0 Å². The van der Waals surface area contributed by atoms with Crippen LogP contribution in [-0.2, 0) is 15.4 Å². The number of carbonyl (C=O) groups excluding carboxylic acids is 1. The van der Waals surface area contributed by atoms with E-state index in [0.29, 0.717) is 43.4 Å². The molecule has 174 valence electrons. The van der Waals surface area contributed by atoms with Gasteiger partial charge in [-0.15, -0.1) is 0 Å². The van der Waals surface area contributed by atoms with E-state index in [1.807, 2.05) is 6.07 Å². The van der Waals surface area contributed by atoms with Crippen LogP contribution in [0, 0.1) is 5.82 Å². The average Bonchev–Trinajstić information content (AvgIpc) is 3.01. The molecule has 0 aliphatic heterocycles. The molecule has 6 nitrogen and oxygen atoms in total. The molecule has 1 N–H and O–H groups in total. The van der Waals surface area contributed by atoms with Gasteiger partial charge in [0, 0.05) is 26.1 Å². The van der Waals surface area contributed by atoms with E-state index < -0.39 is 20.7 Å². The van der Waals surface area contributed by atoms with E-state index >= 15 is 0 Å². The molecule has 32 heavy (non-hydrogen) atoms. The number of hydrogen-bond acceptors (Lipinski definition) is 4. The van der Waals surface area contributed by atoms with Gasteiger partial charge in [0.25, 0.3) is 5.91 Å². The van der Waals surface area contributed by atoms with Crippen molar-refractivity contribution in [2.24, 2.45) is 0 Å². The lowest BCUT2D eigenvalue weighted by Crippen LogP contribution is -2.41. The Balaban J connectivity index is 1.88. The Kier molecular flexibility index (Phi) is 7.56. The number of nitrogens with one attached hydrogen (secondary N) is 1. The Morgan fingerprint density at radius 3 is 2.59 bits per heavy atom. The molecule has 2 atom stereocenters. The first-order chi connectivity index (χ1) is 15.2. The number of halogens is 1. The molecule has 0 radical (unpaired) electrons. The van der Waals surface area contributed by atoms with E-state index in [1.165, 1.54) is 23.5 Å². The second-order valence-electron chi connectivity index (χ2n) is 8.55. The third-order valence-electron chi connectivity index (χ3n) is 6.43. The van der Waals surface area contributed by atoms with Crippen molar-refractivity contribution in [2.45, 2.75) is 42.8 Å². The van der Waals surface area contributed by atoms with Crippen molar-refractivity contribution >= 4 is 15.9 Å². The SMILES string of the molecule is COc1ccccc1C(=O)NCC1(c2cccc(F)c2)CCCC(S(=O)(=O)N(C)C)CC1. The lowest BCUT2D eigenvalue weighted by atomic mass is 9.74. The molecule has 0 saturated heterocycles. The standard InChI is InChI=1S/C24H31FN2O4S/c1-27(2)32(29,30)20-10-7-14-24(15-13-20,18-8-6-9-19(25)16-18)17-26-23(28)21-11-4-5-12-22(21)31-3/h4-6,8-9,11-12,16,20H,7,10,13-15,17H2,1-3H3,(H,26,28). The highest BCUT2D eigenvalue weighted by Crippen LogP contribution is 2.40. The van der Waals surface area contributed by atoms with Gasteiger partial charge in [0.1, 0.15) is 11.6 Å². The van der Waals surface area contributed by atoms with Gasteiger partial charge < -0.3 is 10.1 Å². The van der Waals surface area contributed by atoms with Crippen LogP contribution in [0.1, 0.15) is 48.0 Å². The number of sulfonamides is 1. The predicted molar refractivity (Wildman–Crippen MR) is 123 cm³/mol. The van der Waals surface area contributed by atoms with E-state index in [2.05, 4.69) is 5.32 Å². The van der Waals surface area contributed by atoms with Crippen LogP contribution in [0.2, 0.25) is 0 Å². The summed E-state index contributed by atoms with van der Waals surface area (Å²) in [6.45, 7) is 0.280. The molecule has 8 heteroatoms. The fourth-order valence-corrected chi connectivity index (χ4v) is 6.01. The van der Waals surface area contributed by atoms with E-state index in [4.69, 9.17) is 4.74 Å². The largest absolute Gasteiger partial charge is 0.496 e. The molecule has 1 saturated carbocycles. The fraction of sp³-hybridized carbons (Fsp3) is 0.458. The first kappa shape index (κ1) is 24.2. The Morgan fingerprint density at radius 2 is 1.91 bits per heavy atom. The van der Waals surface area contributed by atoms with Gasteiger partial charge in [-0.1, -0.05) is 30.7 Å². The number of nitrogens with zero attached hydrogens (tertiary/aromatic N) is 1. The van der Waals surface area contributed by atoms with Crippen LogP contribution in [0.5, 0.6) is 5.75 Å². The Bertz CT molecular complexity index is 1060. The number of amides is 1. The molecular weight excluding hydrogens is 431 g/mol. The minimum atomic E-state index is -3.39. The number of hydrogen-bond donors (Lipinski definition) is 1. The van der Waals surface area contributed by atoms with Crippen molar-refractivity contribution in [3.63, 3.8) is 0 Å². The molecule has 1 amide bonds. The van der Waals surface area contributed by atoms with Gasteiger partial charge in [0.15, 0.2) is 0 Å². The molecule has 2 unspecified atom stereocenters. The lowest BCUT2D eigenvalue weighted by molar-refractivity contribution is 0.0937. The van der Waals surface area contributed by atoms with E-state index in [1.54, 1.807) is 44.4 Å². The van der Waals surface area contributed by atoms with Crippen LogP contribution in [0.4, 0.5) is 4.39 Å². The normalized spacial score (nSPS) is 21.7. The second-order valence-corrected chi connectivity index (χ2v) is 11.0. The van der Waals surface area contributed by atoms with Crippen LogP contribution in [0.25, 0.3) is 0 Å². The van der Waals surface area contributed by atoms with Crippen molar-refractivity contribution in [1.29, 1.82) is 0 Å². The third kappa shape index (κ3) is 5.13. The van der Waals surface area contributed by atoms with Crippen LogP contribution < -0.4 is 10.1 Å². The van der Waals surface area contributed by atoms with Gasteiger partial charge in [-0.2, -0.15) is 0 Å². The number of benzene rings is 2. The summed E-state index contributed by atoms with van der Waals surface area (Å²) in [5.74, 6) is -0.151. The smallest absolute Gasteiger partial charge is 0.255 e. The summed E-state index contributed by atoms with van der Waals surface area (Å²) < 4.78 is 46.2. The Morgan fingerprint density at radius 1 is 1.16 bits per heavy atom. The Hall–Kier alpha value is -2.45. The zero-order chi connectivity index (χ0) is 23.4. The quantitative estimate of drug-likeness (QED) is 0.637. The molecule has 1 aliphatic rings. The summed E-state index contributed by atoms with van der Waals surface area (Å²) in [7, 11) is 1.22. The minimum absolute atomic E-state index is 0.278. The zero-order valence-corrected chi connectivity index (χ0v) is 19.6. The average molecular weight is 463 g/mol. The lowest BCUT2D eigenvalue weighted by Gasteiger charge is -2.34. The molecule has 2 aromatic carbocycles. The second kappa shape index (κ2) is 10.0. The van der Waals surface area contributed by atoms with Gasteiger partial charge in [0.05, 0.1) is 17.9 Å². The maximum absolute atomic E-state index is 14.1. The predicted octanol–water partition coefficient (Wildman–Crippen LogP) is 3.73. The summed E-state index contributed by atoms with van der Waals surface area (Å²) in [6, 6.07) is 13.4. The number of carbonyl (C=O) groups is 1. The molecule has 0 spiro atoms. The number of para-hydroxylation sites is 1. The molecule has 3 rings (SSSR count). The number of rotatable bonds is 7. The summed E-state index contributed by atoms with van der Waals surface area (Å²) in [5.41, 5.74) is 0.642. The maximum Gasteiger partial charge on any atom is 0.255 e. The molecule has 0 bridgehead atoms. The molecule has 0 aromatic heterocycles. The number of ether oxygens (including phenoxy) is 1. The van der Waals surface area contributed by atoms with E-state index in [-0.39, 0.29) is 18.3 Å². The molecular formula is C24H31FN2O4S. The summed E-state index contributed by atoms with van der Waals surface area (Å²) in [5, 5.41) is 2.52. The van der Waals surface area contributed by atoms with Gasteiger partial charge in [-0.25, -0.2) is 17.1 Å². The topological polar surface area (TPSA) is 75.7 Å².